The van der Waals surface area contributed by atoms with Crippen LogP contribution in [0.1, 0.15) is 60.9 Å². The van der Waals surface area contributed by atoms with Crippen LogP contribution >= 0.6 is 0 Å². The molecule has 0 bridgehead atoms. The van der Waals surface area contributed by atoms with Gasteiger partial charge in [-0.15, -0.1) is 0 Å². The van der Waals surface area contributed by atoms with Crippen LogP contribution in [0, 0.1) is 5.92 Å². The van der Waals surface area contributed by atoms with Gasteiger partial charge in [0.15, 0.2) is 5.75 Å². The van der Waals surface area contributed by atoms with E-state index in [-0.39, 0.29) is 22.9 Å². The number of carbonyl (C=O) groups is 1. The van der Waals surface area contributed by atoms with Gasteiger partial charge in [0.25, 0.3) is 0 Å². The third-order valence-corrected chi connectivity index (χ3v) is 4.31. The number of methoxy groups -OCH3 is 1. The van der Waals surface area contributed by atoms with Crippen molar-refractivity contribution in [1.82, 2.24) is 9.55 Å². The topological polar surface area (TPSA) is 61.2 Å². The molecular formula is C19H22N2O3. The minimum Gasteiger partial charge on any atom is -0.491 e. The molecule has 0 N–H and O–H groups in total. The first-order valence-electron chi connectivity index (χ1n) is 8.23. The van der Waals surface area contributed by atoms with Crippen molar-refractivity contribution in [2.45, 2.75) is 40.0 Å². The molecule has 0 atom stereocenters. The molecule has 0 aliphatic carbocycles. The van der Waals surface area contributed by atoms with Gasteiger partial charge in [-0.2, -0.15) is 0 Å². The Morgan fingerprint density at radius 2 is 1.92 bits per heavy atom. The normalized spacial score (nSPS) is 12.7. The number of hydrogen-bond donors (Lipinski definition) is 0. The summed E-state index contributed by atoms with van der Waals surface area (Å²) >= 11 is 0. The van der Waals surface area contributed by atoms with Crippen LogP contribution in [-0.4, -0.2) is 22.4 Å². The van der Waals surface area contributed by atoms with Gasteiger partial charge in [0, 0.05) is 11.8 Å². The van der Waals surface area contributed by atoms with Gasteiger partial charge in [0.05, 0.1) is 30.3 Å². The van der Waals surface area contributed by atoms with Crippen molar-refractivity contribution < 1.29 is 9.53 Å². The lowest BCUT2D eigenvalue weighted by Crippen LogP contribution is -2.21. The molecule has 0 saturated carbocycles. The smallest absolute Gasteiger partial charge is 0.227 e. The molecule has 1 aliphatic rings. The number of carbonyl (C=O) groups excluding carboxylic acids is 1. The van der Waals surface area contributed by atoms with E-state index in [9.17, 15) is 9.59 Å². The predicted molar refractivity (Wildman–Crippen MR) is 92.4 cm³/mol. The van der Waals surface area contributed by atoms with Crippen LogP contribution in [0.5, 0.6) is 5.75 Å². The largest absolute Gasteiger partial charge is 0.491 e. The third-order valence-electron chi connectivity index (χ3n) is 4.31. The van der Waals surface area contributed by atoms with E-state index in [4.69, 9.17) is 4.74 Å². The van der Waals surface area contributed by atoms with E-state index in [1.54, 1.807) is 23.0 Å². The zero-order valence-electron chi connectivity index (χ0n) is 14.7. The van der Waals surface area contributed by atoms with E-state index >= 15 is 0 Å². The number of ketones is 1. The molecular weight excluding hydrogens is 304 g/mol. The molecule has 2 aromatic heterocycles. The number of ether oxygens (including phenoxy) is 1. The number of nitrogens with zero attached hydrogens (tertiary/aromatic N) is 2. The number of rotatable bonds is 4. The van der Waals surface area contributed by atoms with Crippen LogP contribution in [0.3, 0.4) is 0 Å². The maximum atomic E-state index is 13.0. The summed E-state index contributed by atoms with van der Waals surface area (Å²) in [6.07, 6.45) is 4.06. The highest BCUT2D eigenvalue weighted by molar-refractivity contribution is 6.15. The zero-order valence-corrected chi connectivity index (χ0v) is 14.7. The maximum absolute atomic E-state index is 13.0. The molecule has 5 heteroatoms. The Morgan fingerprint density at radius 3 is 2.50 bits per heavy atom. The summed E-state index contributed by atoms with van der Waals surface area (Å²) in [5, 5.41) is 0. The summed E-state index contributed by atoms with van der Waals surface area (Å²) in [5.41, 5.74) is 3.00. The lowest BCUT2D eigenvalue weighted by molar-refractivity contribution is 0.103. The number of pyridine rings is 2. The Balaban J connectivity index is 2.38. The average Bonchev–Trinajstić information content (AvgIpc) is 2.79. The molecule has 0 radical (unpaired) electrons. The average molecular weight is 326 g/mol. The van der Waals surface area contributed by atoms with Gasteiger partial charge >= 0.3 is 0 Å². The minimum atomic E-state index is -0.210. The fourth-order valence-electron chi connectivity index (χ4n) is 3.31. The lowest BCUT2D eigenvalue weighted by Gasteiger charge is -2.16. The minimum absolute atomic E-state index is 0.0754. The van der Waals surface area contributed by atoms with Crippen molar-refractivity contribution in [2.75, 3.05) is 7.11 Å². The second-order valence-corrected chi connectivity index (χ2v) is 6.89. The maximum Gasteiger partial charge on any atom is 0.227 e. The predicted octanol–water partition coefficient (Wildman–Crippen LogP) is 3.11. The van der Waals surface area contributed by atoms with E-state index in [2.05, 4.69) is 18.8 Å². The zero-order chi connectivity index (χ0) is 17.6. The van der Waals surface area contributed by atoms with Gasteiger partial charge in [-0.05, 0) is 24.3 Å². The Bertz CT molecular complexity index is 879. The van der Waals surface area contributed by atoms with E-state index in [0.717, 1.165) is 17.8 Å². The van der Waals surface area contributed by atoms with Crippen molar-refractivity contribution >= 4 is 5.78 Å². The van der Waals surface area contributed by atoms with Crippen molar-refractivity contribution in [2.24, 2.45) is 5.92 Å². The molecule has 0 amide bonds. The summed E-state index contributed by atoms with van der Waals surface area (Å²) in [5.74, 6) is 0.478. The molecule has 0 unspecified atom stereocenters. The number of fused-ring (bicyclic) bond motifs is 3. The Labute approximate surface area is 141 Å². The third kappa shape index (κ3) is 2.35. The molecule has 0 saturated heterocycles. The molecule has 0 aromatic carbocycles. The van der Waals surface area contributed by atoms with E-state index in [1.165, 1.54) is 7.11 Å². The van der Waals surface area contributed by atoms with Gasteiger partial charge in [-0.1, -0.05) is 27.7 Å². The second-order valence-electron chi connectivity index (χ2n) is 6.89. The molecule has 3 rings (SSSR count). The Morgan fingerprint density at radius 1 is 1.21 bits per heavy atom. The summed E-state index contributed by atoms with van der Waals surface area (Å²) in [6.45, 7) is 8.07. The van der Waals surface area contributed by atoms with E-state index in [0.29, 0.717) is 22.7 Å². The first-order valence-corrected chi connectivity index (χ1v) is 8.23. The summed E-state index contributed by atoms with van der Waals surface area (Å²) in [6, 6.07) is 1.73. The van der Waals surface area contributed by atoms with Crippen LogP contribution in [0.25, 0.3) is 5.69 Å². The molecule has 0 spiro atoms. The van der Waals surface area contributed by atoms with Gasteiger partial charge in [0.1, 0.15) is 5.69 Å². The van der Waals surface area contributed by atoms with Gasteiger partial charge < -0.3 is 9.30 Å². The van der Waals surface area contributed by atoms with Crippen molar-refractivity contribution in [1.29, 1.82) is 0 Å². The van der Waals surface area contributed by atoms with Crippen molar-refractivity contribution in [3.05, 3.63) is 51.2 Å². The molecule has 24 heavy (non-hydrogen) atoms. The van der Waals surface area contributed by atoms with Gasteiger partial charge in [0.2, 0.25) is 11.2 Å². The molecule has 5 nitrogen and oxygen atoms in total. The summed E-state index contributed by atoms with van der Waals surface area (Å²) in [4.78, 5) is 30.1. The fourth-order valence-corrected chi connectivity index (χ4v) is 3.31. The molecule has 3 heterocycles. The highest BCUT2D eigenvalue weighted by atomic mass is 16.5. The lowest BCUT2D eigenvalue weighted by atomic mass is 9.97. The number of hydrogen-bond acceptors (Lipinski definition) is 4. The SMILES string of the molecule is COc1cn2c(c(C(C)C)c1=O)C(=O)c1ccnc(CC(C)C)c1-2. The van der Waals surface area contributed by atoms with Crippen molar-refractivity contribution in [3.63, 3.8) is 0 Å². The molecule has 0 fully saturated rings. The van der Waals surface area contributed by atoms with Crippen LogP contribution in [0.4, 0.5) is 0 Å². The molecule has 1 aliphatic heterocycles. The Hall–Kier alpha value is -2.43. The van der Waals surface area contributed by atoms with Gasteiger partial charge in [-0.25, -0.2) is 0 Å². The van der Waals surface area contributed by atoms with E-state index < -0.39 is 0 Å². The fraction of sp³-hybridized carbons (Fsp3) is 0.421. The molecule has 126 valence electrons. The highest BCUT2D eigenvalue weighted by Crippen LogP contribution is 2.34. The standard InChI is InChI=1S/C19H22N2O3/c1-10(2)8-13-16-12(6-7-20-13)18(22)17-15(11(3)4)19(23)14(24-5)9-21(16)17/h6-7,9-11H,8H2,1-5H3. The van der Waals surface area contributed by atoms with Crippen molar-refractivity contribution in [3.8, 4) is 11.4 Å². The van der Waals surface area contributed by atoms with E-state index in [1.807, 2.05) is 13.8 Å². The highest BCUT2D eigenvalue weighted by Gasteiger charge is 2.34. The quantitative estimate of drug-likeness (QED) is 0.739. The second kappa shape index (κ2) is 5.89. The van der Waals surface area contributed by atoms with Crippen LogP contribution in [0.15, 0.2) is 23.3 Å². The van der Waals surface area contributed by atoms with Crippen LogP contribution < -0.4 is 10.2 Å². The summed E-state index contributed by atoms with van der Waals surface area (Å²) in [7, 11) is 1.48. The molecule has 2 aromatic rings. The van der Waals surface area contributed by atoms with Gasteiger partial charge in [-0.3, -0.25) is 14.6 Å². The monoisotopic (exact) mass is 326 g/mol. The number of aromatic nitrogens is 2. The summed E-state index contributed by atoms with van der Waals surface area (Å²) < 4.78 is 7.07. The van der Waals surface area contributed by atoms with Crippen LogP contribution in [-0.2, 0) is 6.42 Å². The Kier molecular flexibility index (Phi) is 4.03. The van der Waals surface area contributed by atoms with Crippen LogP contribution in [0.2, 0.25) is 0 Å². The first-order chi connectivity index (χ1) is 11.4. The first kappa shape index (κ1) is 16.4.